The van der Waals surface area contributed by atoms with Crippen LogP contribution in [0.4, 0.5) is 5.69 Å². The monoisotopic (exact) mass is 253 g/mol. The standard InChI is InChI=1S/C11H15N3O2S/c1-13-10-6-3-4-7-11(10)17(15,16)14(2)9-5-8-12/h3-4,6-7,13H,5,9H2,1-2H3. The molecule has 0 saturated heterocycles. The first-order chi connectivity index (χ1) is 8.04. The van der Waals surface area contributed by atoms with E-state index in [4.69, 9.17) is 5.26 Å². The Kier molecular flexibility index (Phi) is 4.49. The van der Waals surface area contributed by atoms with Gasteiger partial charge in [0.25, 0.3) is 0 Å². The van der Waals surface area contributed by atoms with Gasteiger partial charge in [-0.2, -0.15) is 9.57 Å². The normalized spacial score (nSPS) is 11.2. The number of anilines is 1. The number of nitriles is 1. The SMILES string of the molecule is CNc1ccccc1S(=O)(=O)N(C)CCC#N. The molecule has 0 atom stereocenters. The number of rotatable bonds is 5. The van der Waals surface area contributed by atoms with Crippen LogP contribution in [0.5, 0.6) is 0 Å². The van der Waals surface area contributed by atoms with E-state index in [1.807, 2.05) is 6.07 Å². The Hall–Kier alpha value is -1.58. The molecule has 6 heteroatoms. The van der Waals surface area contributed by atoms with E-state index >= 15 is 0 Å². The molecule has 0 aliphatic rings. The highest BCUT2D eigenvalue weighted by Gasteiger charge is 2.22. The average molecular weight is 253 g/mol. The molecule has 0 aromatic heterocycles. The lowest BCUT2D eigenvalue weighted by molar-refractivity contribution is 0.477. The Bertz CT molecular complexity index is 520. The fraction of sp³-hybridized carbons (Fsp3) is 0.364. The zero-order chi connectivity index (χ0) is 12.9. The third kappa shape index (κ3) is 2.96. The van der Waals surface area contributed by atoms with Crippen molar-refractivity contribution in [3.8, 4) is 6.07 Å². The third-order valence-corrected chi connectivity index (χ3v) is 4.30. The van der Waals surface area contributed by atoms with Gasteiger partial charge in [-0.25, -0.2) is 8.42 Å². The van der Waals surface area contributed by atoms with E-state index in [-0.39, 0.29) is 17.9 Å². The van der Waals surface area contributed by atoms with Gasteiger partial charge in [0.1, 0.15) is 4.90 Å². The molecule has 0 aliphatic carbocycles. The van der Waals surface area contributed by atoms with Crippen molar-refractivity contribution >= 4 is 15.7 Å². The molecule has 0 spiro atoms. The molecular formula is C11H15N3O2S. The predicted molar refractivity (Wildman–Crippen MR) is 66.0 cm³/mol. The maximum absolute atomic E-state index is 12.2. The molecule has 0 saturated carbocycles. The number of nitrogens with one attached hydrogen (secondary N) is 1. The Morgan fingerprint density at radius 1 is 1.41 bits per heavy atom. The summed E-state index contributed by atoms with van der Waals surface area (Å²) in [7, 11) is -0.393. The largest absolute Gasteiger partial charge is 0.387 e. The topological polar surface area (TPSA) is 73.2 Å². The molecule has 5 nitrogen and oxygen atoms in total. The molecular weight excluding hydrogens is 238 g/mol. The van der Waals surface area contributed by atoms with Crippen molar-refractivity contribution in [2.45, 2.75) is 11.3 Å². The zero-order valence-electron chi connectivity index (χ0n) is 9.84. The minimum absolute atomic E-state index is 0.178. The quantitative estimate of drug-likeness (QED) is 0.857. The summed E-state index contributed by atoms with van der Waals surface area (Å²) in [6.45, 7) is 0.191. The maximum Gasteiger partial charge on any atom is 0.244 e. The van der Waals surface area contributed by atoms with E-state index in [0.29, 0.717) is 5.69 Å². The number of hydrogen-bond acceptors (Lipinski definition) is 4. The first-order valence-electron chi connectivity index (χ1n) is 5.14. The zero-order valence-corrected chi connectivity index (χ0v) is 10.7. The second kappa shape index (κ2) is 5.66. The second-order valence-corrected chi connectivity index (χ2v) is 5.49. The van der Waals surface area contributed by atoms with Gasteiger partial charge in [-0.15, -0.1) is 0 Å². The first kappa shape index (κ1) is 13.5. The van der Waals surface area contributed by atoms with E-state index < -0.39 is 10.0 Å². The van der Waals surface area contributed by atoms with Crippen molar-refractivity contribution in [2.24, 2.45) is 0 Å². The van der Waals surface area contributed by atoms with Crippen LogP contribution in [0.2, 0.25) is 0 Å². The Morgan fingerprint density at radius 3 is 2.65 bits per heavy atom. The number of para-hydroxylation sites is 1. The van der Waals surface area contributed by atoms with Gasteiger partial charge in [-0.05, 0) is 12.1 Å². The van der Waals surface area contributed by atoms with E-state index in [1.54, 1.807) is 31.3 Å². The van der Waals surface area contributed by atoms with Crippen molar-refractivity contribution in [2.75, 3.05) is 26.0 Å². The minimum atomic E-state index is -3.53. The van der Waals surface area contributed by atoms with Gasteiger partial charge in [0.15, 0.2) is 0 Å². The van der Waals surface area contributed by atoms with Crippen molar-refractivity contribution < 1.29 is 8.42 Å². The lowest BCUT2D eigenvalue weighted by atomic mass is 10.3. The predicted octanol–water partition coefficient (Wildman–Crippen LogP) is 1.26. The smallest absolute Gasteiger partial charge is 0.244 e. The van der Waals surface area contributed by atoms with Crippen molar-refractivity contribution in [3.63, 3.8) is 0 Å². The van der Waals surface area contributed by atoms with Crippen LogP contribution in [0.15, 0.2) is 29.2 Å². The molecule has 0 heterocycles. The highest BCUT2D eigenvalue weighted by molar-refractivity contribution is 7.89. The van der Waals surface area contributed by atoms with Crippen LogP contribution in [-0.4, -0.2) is 33.4 Å². The van der Waals surface area contributed by atoms with Gasteiger partial charge in [-0.1, -0.05) is 12.1 Å². The molecule has 1 aromatic carbocycles. The summed E-state index contributed by atoms with van der Waals surface area (Å²) >= 11 is 0. The van der Waals surface area contributed by atoms with Crippen molar-refractivity contribution in [1.29, 1.82) is 5.26 Å². The molecule has 1 rings (SSSR count). The van der Waals surface area contributed by atoms with E-state index in [1.165, 1.54) is 11.4 Å². The fourth-order valence-electron chi connectivity index (χ4n) is 1.39. The summed E-state index contributed by atoms with van der Waals surface area (Å²) in [4.78, 5) is 0.225. The van der Waals surface area contributed by atoms with Gasteiger partial charge in [0.05, 0.1) is 11.8 Å². The van der Waals surface area contributed by atoms with Gasteiger partial charge in [0.2, 0.25) is 10.0 Å². The highest BCUT2D eigenvalue weighted by atomic mass is 32.2. The van der Waals surface area contributed by atoms with Crippen molar-refractivity contribution in [3.05, 3.63) is 24.3 Å². The fourth-order valence-corrected chi connectivity index (χ4v) is 2.76. The van der Waals surface area contributed by atoms with Crippen molar-refractivity contribution in [1.82, 2.24) is 4.31 Å². The molecule has 0 unspecified atom stereocenters. The molecule has 0 amide bonds. The number of hydrogen-bond donors (Lipinski definition) is 1. The molecule has 0 bridgehead atoms. The Balaban J connectivity index is 3.09. The van der Waals surface area contributed by atoms with Gasteiger partial charge in [-0.3, -0.25) is 0 Å². The summed E-state index contributed by atoms with van der Waals surface area (Å²) in [5.74, 6) is 0. The lowest BCUT2D eigenvalue weighted by Gasteiger charge is -2.17. The summed E-state index contributed by atoms with van der Waals surface area (Å²) in [6, 6.07) is 8.61. The number of benzene rings is 1. The first-order valence-corrected chi connectivity index (χ1v) is 6.58. The lowest BCUT2D eigenvalue weighted by Crippen LogP contribution is -2.28. The maximum atomic E-state index is 12.2. The minimum Gasteiger partial charge on any atom is -0.387 e. The summed E-state index contributed by atoms with van der Waals surface area (Å²) in [6.07, 6.45) is 0.178. The molecule has 0 radical (unpaired) electrons. The van der Waals surface area contributed by atoms with Crippen LogP contribution in [0.25, 0.3) is 0 Å². The Labute approximate surface area is 102 Å². The molecule has 92 valence electrons. The molecule has 1 N–H and O–H groups in total. The summed E-state index contributed by atoms with van der Waals surface area (Å²) in [5, 5.41) is 11.3. The molecule has 0 fully saturated rings. The molecule has 17 heavy (non-hydrogen) atoms. The summed E-state index contributed by atoms with van der Waals surface area (Å²) < 4.78 is 25.6. The van der Waals surface area contributed by atoms with Gasteiger partial charge < -0.3 is 5.32 Å². The van der Waals surface area contributed by atoms with E-state index in [0.717, 1.165) is 0 Å². The average Bonchev–Trinajstić information content (AvgIpc) is 2.35. The second-order valence-electron chi connectivity index (χ2n) is 3.48. The van der Waals surface area contributed by atoms with Crippen LogP contribution >= 0.6 is 0 Å². The van der Waals surface area contributed by atoms with Gasteiger partial charge >= 0.3 is 0 Å². The molecule has 1 aromatic rings. The van der Waals surface area contributed by atoms with Crippen LogP contribution < -0.4 is 5.32 Å². The van der Waals surface area contributed by atoms with E-state index in [9.17, 15) is 8.42 Å². The van der Waals surface area contributed by atoms with Crippen LogP contribution in [-0.2, 0) is 10.0 Å². The number of nitrogens with zero attached hydrogens (tertiary/aromatic N) is 2. The van der Waals surface area contributed by atoms with E-state index in [2.05, 4.69) is 5.32 Å². The Morgan fingerprint density at radius 2 is 2.06 bits per heavy atom. The van der Waals surface area contributed by atoms with Crippen LogP contribution in [0.3, 0.4) is 0 Å². The van der Waals surface area contributed by atoms with Crippen LogP contribution in [0.1, 0.15) is 6.42 Å². The van der Waals surface area contributed by atoms with Crippen LogP contribution in [0, 0.1) is 11.3 Å². The summed E-state index contributed by atoms with van der Waals surface area (Å²) in [5.41, 5.74) is 0.552. The third-order valence-electron chi connectivity index (χ3n) is 2.38. The molecule has 0 aliphatic heterocycles. The van der Waals surface area contributed by atoms with Gasteiger partial charge in [0, 0.05) is 27.1 Å². The number of sulfonamides is 1. The highest BCUT2D eigenvalue weighted by Crippen LogP contribution is 2.23.